The minimum absolute atomic E-state index is 0.00493. The molecule has 1 fully saturated rings. The molecule has 1 aromatic rings. The number of likely N-dealkylation sites (tertiary alicyclic amines) is 1. The van der Waals surface area contributed by atoms with Crippen molar-refractivity contribution in [2.24, 2.45) is 11.8 Å². The van der Waals surface area contributed by atoms with Gasteiger partial charge in [0.25, 0.3) is 5.56 Å². The average molecular weight is 345 g/mol. The number of nitrogens with zero attached hydrogens (tertiary/aromatic N) is 2. The van der Waals surface area contributed by atoms with Crippen molar-refractivity contribution < 1.29 is 9.59 Å². The van der Waals surface area contributed by atoms with Crippen molar-refractivity contribution in [2.45, 2.75) is 52.1 Å². The lowest BCUT2D eigenvalue weighted by Gasteiger charge is -2.43. The number of carbonyl (C=O) groups excluding carboxylic acids is 2. The predicted octanol–water partition coefficient (Wildman–Crippen LogP) is 1.34. The van der Waals surface area contributed by atoms with Crippen molar-refractivity contribution >= 4 is 11.8 Å². The molecule has 2 bridgehead atoms. The first-order valence-electron chi connectivity index (χ1n) is 9.10. The van der Waals surface area contributed by atoms with Crippen LogP contribution >= 0.6 is 0 Å². The fraction of sp³-hybridized carbons (Fsp3) is 0.632. The van der Waals surface area contributed by atoms with Crippen LogP contribution in [0.3, 0.4) is 0 Å². The molecule has 0 radical (unpaired) electrons. The Morgan fingerprint density at radius 3 is 2.68 bits per heavy atom. The van der Waals surface area contributed by atoms with Crippen LogP contribution in [0.25, 0.3) is 0 Å². The first-order chi connectivity index (χ1) is 11.8. The molecular formula is C19H27N3O3. The molecule has 0 aromatic carbocycles. The van der Waals surface area contributed by atoms with E-state index in [2.05, 4.69) is 19.2 Å². The number of fused-ring (bicyclic) bond motifs is 4. The quantitative estimate of drug-likeness (QED) is 0.895. The van der Waals surface area contributed by atoms with Gasteiger partial charge in [-0.3, -0.25) is 14.4 Å². The number of hydrogen-bond acceptors (Lipinski definition) is 3. The van der Waals surface area contributed by atoms with E-state index in [1.165, 1.54) is 6.92 Å². The molecule has 3 atom stereocenters. The van der Waals surface area contributed by atoms with Gasteiger partial charge in [0.1, 0.15) is 6.04 Å². The summed E-state index contributed by atoms with van der Waals surface area (Å²) in [6.45, 7) is 7.50. The zero-order chi connectivity index (χ0) is 18.1. The number of piperidine rings is 1. The highest BCUT2D eigenvalue weighted by Crippen LogP contribution is 2.35. The number of amides is 2. The molecule has 25 heavy (non-hydrogen) atoms. The highest BCUT2D eigenvalue weighted by molar-refractivity contribution is 5.87. The van der Waals surface area contributed by atoms with Gasteiger partial charge >= 0.3 is 0 Å². The number of hydrogen-bond donors (Lipinski definition) is 1. The molecule has 6 heteroatoms. The van der Waals surface area contributed by atoms with Gasteiger partial charge < -0.3 is 14.8 Å². The zero-order valence-corrected chi connectivity index (χ0v) is 15.2. The molecule has 2 aliphatic heterocycles. The molecule has 0 saturated carbocycles. The second-order valence-electron chi connectivity index (χ2n) is 7.82. The van der Waals surface area contributed by atoms with Crippen molar-refractivity contribution in [2.75, 3.05) is 13.1 Å². The Morgan fingerprint density at radius 2 is 2.00 bits per heavy atom. The van der Waals surface area contributed by atoms with Gasteiger partial charge in [0.15, 0.2) is 0 Å². The fourth-order valence-corrected chi connectivity index (χ4v) is 4.24. The van der Waals surface area contributed by atoms with Crippen molar-refractivity contribution in [3.05, 3.63) is 34.2 Å². The molecule has 1 N–H and O–H groups in total. The van der Waals surface area contributed by atoms with Crippen LogP contribution in [0.5, 0.6) is 0 Å². The average Bonchev–Trinajstić information content (AvgIpc) is 2.53. The van der Waals surface area contributed by atoms with Crippen LogP contribution in [0.4, 0.5) is 0 Å². The largest absolute Gasteiger partial charge is 0.345 e. The molecule has 2 amide bonds. The molecular weight excluding hydrogens is 318 g/mol. The van der Waals surface area contributed by atoms with Crippen molar-refractivity contribution in [3.63, 3.8) is 0 Å². The summed E-state index contributed by atoms with van der Waals surface area (Å²) in [5.74, 6) is 0.650. The Labute approximate surface area is 148 Å². The van der Waals surface area contributed by atoms with Crippen molar-refractivity contribution in [3.8, 4) is 0 Å². The van der Waals surface area contributed by atoms with Gasteiger partial charge in [-0.05, 0) is 30.7 Å². The van der Waals surface area contributed by atoms with E-state index in [1.807, 2.05) is 15.5 Å². The van der Waals surface area contributed by atoms with Gasteiger partial charge in [0.2, 0.25) is 11.8 Å². The van der Waals surface area contributed by atoms with Gasteiger partial charge in [-0.1, -0.05) is 19.9 Å². The zero-order valence-electron chi connectivity index (χ0n) is 15.2. The van der Waals surface area contributed by atoms with Gasteiger partial charge in [-0.15, -0.1) is 0 Å². The molecule has 3 rings (SSSR count). The predicted molar refractivity (Wildman–Crippen MR) is 95.2 cm³/mol. The third-order valence-corrected chi connectivity index (χ3v) is 5.17. The molecule has 0 spiro atoms. The normalized spacial score (nSPS) is 23.1. The first kappa shape index (κ1) is 17.7. The summed E-state index contributed by atoms with van der Waals surface area (Å²) in [6.07, 6.45) is 1.66. The van der Waals surface area contributed by atoms with Crippen molar-refractivity contribution in [1.82, 2.24) is 14.8 Å². The monoisotopic (exact) mass is 345 g/mol. The Bertz CT molecular complexity index is 725. The fourth-order valence-electron chi connectivity index (χ4n) is 4.24. The van der Waals surface area contributed by atoms with Crippen LogP contribution in [0, 0.1) is 11.8 Å². The lowest BCUT2D eigenvalue weighted by atomic mass is 9.82. The Hall–Kier alpha value is -2.11. The number of pyridine rings is 1. The molecule has 1 saturated heterocycles. The summed E-state index contributed by atoms with van der Waals surface area (Å²) >= 11 is 0. The van der Waals surface area contributed by atoms with E-state index >= 15 is 0 Å². The summed E-state index contributed by atoms with van der Waals surface area (Å²) < 4.78 is 1.86. The van der Waals surface area contributed by atoms with Crippen molar-refractivity contribution in [1.29, 1.82) is 0 Å². The van der Waals surface area contributed by atoms with E-state index in [0.717, 1.165) is 12.1 Å². The standard InChI is InChI=1S/C19H27N3O3/c1-12(2)7-16(20-13(3)23)19(25)21-9-14-8-15(11-21)17-5-4-6-18(24)22(17)10-14/h4-6,12,14-16H,7-11H2,1-3H3,(H,20,23)/t14-,15-,16+/m0/s1. The molecule has 1 aromatic heterocycles. The third-order valence-electron chi connectivity index (χ3n) is 5.17. The summed E-state index contributed by atoms with van der Waals surface area (Å²) in [6, 6.07) is 4.93. The summed E-state index contributed by atoms with van der Waals surface area (Å²) in [4.78, 5) is 38.5. The van der Waals surface area contributed by atoms with Gasteiger partial charge in [0.05, 0.1) is 0 Å². The molecule has 0 unspecified atom stereocenters. The molecule has 6 nitrogen and oxygen atoms in total. The number of rotatable bonds is 4. The highest BCUT2D eigenvalue weighted by atomic mass is 16.2. The van der Waals surface area contributed by atoms with Gasteiger partial charge in [-0.2, -0.15) is 0 Å². The second kappa shape index (κ2) is 7.02. The van der Waals surface area contributed by atoms with E-state index in [1.54, 1.807) is 12.1 Å². The highest BCUT2D eigenvalue weighted by Gasteiger charge is 2.38. The topological polar surface area (TPSA) is 71.4 Å². The van der Waals surface area contributed by atoms with E-state index in [9.17, 15) is 14.4 Å². The Kier molecular flexibility index (Phi) is 4.97. The van der Waals surface area contributed by atoms with Crippen LogP contribution in [-0.2, 0) is 16.1 Å². The SMILES string of the molecule is CC(=O)N[C@H](CC(C)C)C(=O)N1C[C@@H]2C[C@@H](C1)c1cccc(=O)n1C2. The smallest absolute Gasteiger partial charge is 0.250 e. The van der Waals surface area contributed by atoms with E-state index in [-0.39, 0.29) is 23.3 Å². The lowest BCUT2D eigenvalue weighted by molar-refractivity contribution is -0.139. The van der Waals surface area contributed by atoms with E-state index in [4.69, 9.17) is 0 Å². The Balaban J connectivity index is 1.80. The maximum atomic E-state index is 13.0. The molecule has 0 aliphatic carbocycles. The lowest BCUT2D eigenvalue weighted by Crippen LogP contribution is -2.55. The van der Waals surface area contributed by atoms with Crippen LogP contribution in [0.2, 0.25) is 0 Å². The maximum Gasteiger partial charge on any atom is 0.250 e. The number of nitrogens with one attached hydrogen (secondary N) is 1. The summed E-state index contributed by atoms with van der Waals surface area (Å²) in [5.41, 5.74) is 1.07. The van der Waals surface area contributed by atoms with E-state index in [0.29, 0.717) is 37.9 Å². The summed E-state index contributed by atoms with van der Waals surface area (Å²) in [5, 5.41) is 2.82. The van der Waals surface area contributed by atoms with Crippen LogP contribution in [0.15, 0.2) is 23.0 Å². The van der Waals surface area contributed by atoms with Gasteiger partial charge in [0, 0.05) is 44.2 Å². The number of carbonyl (C=O) groups is 2. The van der Waals surface area contributed by atoms with Crippen LogP contribution in [0.1, 0.15) is 45.2 Å². The minimum Gasteiger partial charge on any atom is -0.345 e. The Morgan fingerprint density at radius 1 is 1.24 bits per heavy atom. The number of aromatic nitrogens is 1. The van der Waals surface area contributed by atoms with Gasteiger partial charge in [-0.25, -0.2) is 0 Å². The molecule has 3 heterocycles. The molecule has 136 valence electrons. The van der Waals surface area contributed by atoms with Crippen LogP contribution in [-0.4, -0.2) is 40.4 Å². The maximum absolute atomic E-state index is 13.0. The first-order valence-corrected chi connectivity index (χ1v) is 9.10. The summed E-state index contributed by atoms with van der Waals surface area (Å²) in [7, 11) is 0. The molecule has 2 aliphatic rings. The van der Waals surface area contributed by atoms with E-state index < -0.39 is 6.04 Å². The van der Waals surface area contributed by atoms with Crippen LogP contribution < -0.4 is 10.9 Å². The minimum atomic E-state index is -0.464. The third kappa shape index (κ3) is 3.78. The second-order valence-corrected chi connectivity index (χ2v) is 7.82.